The number of nitrogen functional groups attached to an aromatic ring is 1. The first-order chi connectivity index (χ1) is 14.5. The zero-order valence-electron chi connectivity index (χ0n) is 17.6. The Labute approximate surface area is 182 Å². The van der Waals surface area contributed by atoms with Crippen molar-refractivity contribution in [2.24, 2.45) is 17.8 Å². The van der Waals surface area contributed by atoms with Gasteiger partial charge in [-0.25, -0.2) is 4.68 Å². The zero-order chi connectivity index (χ0) is 20.7. The van der Waals surface area contributed by atoms with Crippen LogP contribution in [0.25, 0.3) is 0 Å². The van der Waals surface area contributed by atoms with Crippen LogP contribution >= 0.6 is 11.8 Å². The Morgan fingerprint density at radius 3 is 2.43 bits per heavy atom. The van der Waals surface area contributed by atoms with Crippen molar-refractivity contribution in [1.82, 2.24) is 20.2 Å². The Balaban J connectivity index is 1.17. The summed E-state index contributed by atoms with van der Waals surface area (Å²) in [6.45, 7) is 2.16. The maximum atomic E-state index is 12.8. The Morgan fingerprint density at radius 2 is 1.80 bits per heavy atom. The van der Waals surface area contributed by atoms with E-state index < -0.39 is 0 Å². The zero-order valence-corrected chi connectivity index (χ0v) is 18.4. The maximum Gasteiger partial charge on any atom is 0.230 e. The van der Waals surface area contributed by atoms with Gasteiger partial charge in [0.25, 0.3) is 0 Å². The van der Waals surface area contributed by atoms with E-state index in [-0.39, 0.29) is 11.4 Å². The molecule has 4 bridgehead atoms. The summed E-state index contributed by atoms with van der Waals surface area (Å²) in [5.41, 5.74) is 1.31. The molecule has 4 aliphatic rings. The fraction of sp³-hybridized carbons (Fsp3) is 0.609. The number of hydrogen-bond donors (Lipinski definition) is 2. The van der Waals surface area contributed by atoms with E-state index in [4.69, 9.17) is 5.84 Å². The number of nitrogens with two attached hydrogens (primary N) is 1. The lowest BCUT2D eigenvalue weighted by Gasteiger charge is -2.56. The van der Waals surface area contributed by atoms with Gasteiger partial charge in [0.15, 0.2) is 5.82 Å². The summed E-state index contributed by atoms with van der Waals surface area (Å²) in [6.07, 6.45) is 8.37. The maximum absolute atomic E-state index is 12.8. The molecule has 1 atom stereocenters. The molecule has 30 heavy (non-hydrogen) atoms. The van der Waals surface area contributed by atoms with E-state index in [0.29, 0.717) is 23.2 Å². The van der Waals surface area contributed by atoms with Crippen LogP contribution in [0.2, 0.25) is 0 Å². The van der Waals surface area contributed by atoms with Gasteiger partial charge in [0.2, 0.25) is 11.1 Å². The van der Waals surface area contributed by atoms with Crippen molar-refractivity contribution in [1.29, 1.82) is 0 Å². The predicted molar refractivity (Wildman–Crippen MR) is 119 cm³/mol. The van der Waals surface area contributed by atoms with Crippen LogP contribution in [0, 0.1) is 17.8 Å². The molecular weight excluding hydrogens is 394 g/mol. The van der Waals surface area contributed by atoms with E-state index in [1.807, 2.05) is 18.2 Å². The minimum absolute atomic E-state index is 0.0546. The smallest absolute Gasteiger partial charge is 0.230 e. The van der Waals surface area contributed by atoms with E-state index in [1.165, 1.54) is 55.9 Å². The number of aromatic nitrogens is 3. The van der Waals surface area contributed by atoms with Crippen molar-refractivity contribution in [3.05, 3.63) is 41.7 Å². The molecule has 1 heterocycles. The standard InChI is InChI=1S/C23H31N5OS/c1-15(19-5-3-2-4-6-19)7-20-26-27-22(28(20)24)30-14-21(29)25-23-11-16-8-17(12-23)10-18(9-16)13-23/h2-6,15-18H,7-14,24H2,1H3,(H,25,29). The van der Waals surface area contributed by atoms with Crippen LogP contribution in [0.1, 0.15) is 62.8 Å². The number of carbonyl (C=O) groups excluding carboxylic acids is 1. The molecule has 3 N–H and O–H groups in total. The number of thioether (sulfide) groups is 1. The lowest BCUT2D eigenvalue weighted by Crippen LogP contribution is -2.60. The van der Waals surface area contributed by atoms with Crippen LogP contribution in [-0.4, -0.2) is 32.1 Å². The van der Waals surface area contributed by atoms with Crippen molar-refractivity contribution in [3.63, 3.8) is 0 Å². The molecule has 0 saturated heterocycles. The highest BCUT2D eigenvalue weighted by molar-refractivity contribution is 7.99. The Kier molecular flexibility index (Phi) is 5.25. The highest BCUT2D eigenvalue weighted by Gasteiger charge is 2.51. The summed E-state index contributed by atoms with van der Waals surface area (Å²) in [5.74, 6) is 10.2. The monoisotopic (exact) mass is 425 g/mol. The molecular formula is C23H31N5OS. The van der Waals surface area contributed by atoms with E-state index >= 15 is 0 Å². The molecule has 2 aromatic rings. The fourth-order valence-electron chi connectivity index (χ4n) is 6.44. The summed E-state index contributed by atoms with van der Waals surface area (Å²) < 4.78 is 1.54. The van der Waals surface area contributed by atoms with Gasteiger partial charge in [0, 0.05) is 12.0 Å². The van der Waals surface area contributed by atoms with E-state index in [1.54, 1.807) is 4.68 Å². The average molecular weight is 426 g/mol. The summed E-state index contributed by atoms with van der Waals surface area (Å²) in [4.78, 5) is 12.8. The molecule has 6 nitrogen and oxygen atoms in total. The second-order valence-electron chi connectivity index (χ2n) is 9.82. The largest absolute Gasteiger partial charge is 0.350 e. The number of benzene rings is 1. The Bertz CT molecular complexity index is 876. The average Bonchev–Trinajstić information content (AvgIpc) is 3.05. The first-order valence-electron chi connectivity index (χ1n) is 11.2. The van der Waals surface area contributed by atoms with Gasteiger partial charge in [0.05, 0.1) is 5.75 Å². The minimum atomic E-state index is 0.0546. The second kappa shape index (κ2) is 7.91. The Hall–Kier alpha value is -2.02. The molecule has 6 rings (SSSR count). The van der Waals surface area contributed by atoms with E-state index in [2.05, 4.69) is 34.6 Å². The number of nitrogens with one attached hydrogen (secondary N) is 1. The fourth-order valence-corrected chi connectivity index (χ4v) is 7.12. The summed E-state index contributed by atoms with van der Waals surface area (Å²) >= 11 is 1.38. The highest BCUT2D eigenvalue weighted by atomic mass is 32.2. The molecule has 7 heteroatoms. The summed E-state index contributed by atoms with van der Waals surface area (Å²) in [5, 5.41) is 12.5. The number of nitrogens with zero attached hydrogens (tertiary/aromatic N) is 3. The number of carbonyl (C=O) groups is 1. The number of rotatable bonds is 7. The molecule has 0 radical (unpaired) electrons. The van der Waals surface area contributed by atoms with Gasteiger partial charge in [-0.15, -0.1) is 10.2 Å². The molecule has 1 aromatic carbocycles. The van der Waals surface area contributed by atoms with Crippen LogP contribution in [0.4, 0.5) is 0 Å². The van der Waals surface area contributed by atoms with Crippen LogP contribution in [-0.2, 0) is 11.2 Å². The predicted octanol–water partition coefficient (Wildman–Crippen LogP) is 3.52. The SMILES string of the molecule is CC(Cc1nnc(SCC(=O)NC23CC4CC(CC(C4)C2)C3)n1N)c1ccccc1. The van der Waals surface area contributed by atoms with Crippen molar-refractivity contribution < 1.29 is 4.79 Å². The van der Waals surface area contributed by atoms with Crippen molar-refractivity contribution in [2.45, 2.75) is 68.5 Å². The Morgan fingerprint density at radius 1 is 1.17 bits per heavy atom. The third kappa shape index (κ3) is 3.96. The molecule has 1 aromatic heterocycles. The summed E-state index contributed by atoms with van der Waals surface area (Å²) in [7, 11) is 0. The molecule has 160 valence electrons. The molecule has 4 aliphatic carbocycles. The normalized spacial score (nSPS) is 30.4. The van der Waals surface area contributed by atoms with Gasteiger partial charge < -0.3 is 11.2 Å². The third-order valence-corrected chi connectivity index (χ3v) is 8.31. The van der Waals surface area contributed by atoms with Gasteiger partial charge in [-0.2, -0.15) is 0 Å². The lowest BCUT2D eigenvalue weighted by atomic mass is 9.53. The number of amides is 1. The van der Waals surface area contributed by atoms with Gasteiger partial charge >= 0.3 is 0 Å². The quantitative estimate of drug-likeness (QED) is 0.524. The molecule has 4 fully saturated rings. The van der Waals surface area contributed by atoms with Crippen molar-refractivity contribution in [2.75, 3.05) is 11.6 Å². The lowest BCUT2D eigenvalue weighted by molar-refractivity contribution is -0.124. The molecule has 1 unspecified atom stereocenters. The molecule has 1 amide bonds. The van der Waals surface area contributed by atoms with Crippen molar-refractivity contribution in [3.8, 4) is 0 Å². The van der Waals surface area contributed by atoms with Crippen LogP contribution < -0.4 is 11.2 Å². The van der Waals surface area contributed by atoms with Gasteiger partial charge in [-0.1, -0.05) is 49.0 Å². The number of hydrogen-bond acceptors (Lipinski definition) is 5. The topological polar surface area (TPSA) is 85.8 Å². The second-order valence-corrected chi connectivity index (χ2v) is 10.8. The molecule has 0 spiro atoms. The first kappa shape index (κ1) is 19.9. The van der Waals surface area contributed by atoms with Crippen LogP contribution in [0.5, 0.6) is 0 Å². The van der Waals surface area contributed by atoms with E-state index in [9.17, 15) is 4.79 Å². The van der Waals surface area contributed by atoms with E-state index in [0.717, 1.165) is 23.6 Å². The minimum Gasteiger partial charge on any atom is -0.350 e. The van der Waals surface area contributed by atoms with Crippen LogP contribution in [0.15, 0.2) is 35.5 Å². The van der Waals surface area contributed by atoms with Gasteiger partial charge in [0.1, 0.15) is 0 Å². The van der Waals surface area contributed by atoms with Gasteiger partial charge in [-0.3, -0.25) is 4.79 Å². The molecule has 4 saturated carbocycles. The highest BCUT2D eigenvalue weighted by Crippen LogP contribution is 2.55. The molecule has 0 aliphatic heterocycles. The first-order valence-corrected chi connectivity index (χ1v) is 12.2. The van der Waals surface area contributed by atoms with Crippen molar-refractivity contribution >= 4 is 17.7 Å². The third-order valence-electron chi connectivity index (χ3n) is 7.37. The summed E-state index contributed by atoms with van der Waals surface area (Å²) in [6, 6.07) is 10.3. The van der Waals surface area contributed by atoms with Gasteiger partial charge in [-0.05, 0) is 67.8 Å². The van der Waals surface area contributed by atoms with Crippen LogP contribution in [0.3, 0.4) is 0 Å².